The van der Waals surface area contributed by atoms with Crippen LogP contribution in [0.25, 0.3) is 11.4 Å². The average Bonchev–Trinajstić information content (AvgIpc) is 3.49. The molecule has 0 saturated carbocycles. The number of nitrogens with one attached hydrogen (secondary N) is 1. The van der Waals surface area contributed by atoms with Gasteiger partial charge >= 0.3 is 0 Å². The highest BCUT2D eigenvalue weighted by atomic mass is 32.2. The summed E-state index contributed by atoms with van der Waals surface area (Å²) in [6.45, 7) is 1.80. The molecule has 1 aliphatic heterocycles. The zero-order chi connectivity index (χ0) is 22.4. The summed E-state index contributed by atoms with van der Waals surface area (Å²) in [6, 6.07) is 9.15. The molecule has 0 radical (unpaired) electrons. The zero-order valence-electron chi connectivity index (χ0n) is 17.4. The SMILES string of the molecule is O=C(CCc1nc(-c2ccsc2)no1)NCc1ccccc1CS(=O)(=O)N1CCOCC1. The van der Waals surface area contributed by atoms with E-state index in [9.17, 15) is 13.2 Å². The van der Waals surface area contributed by atoms with Crippen molar-refractivity contribution >= 4 is 27.3 Å². The second-order valence-corrected chi connectivity index (χ2v) is 10.1. The lowest BCUT2D eigenvalue weighted by Gasteiger charge is -2.26. The molecular weight excluding hydrogens is 452 g/mol. The Morgan fingerprint density at radius 2 is 1.94 bits per heavy atom. The molecule has 0 atom stereocenters. The van der Waals surface area contributed by atoms with Gasteiger partial charge in [0.05, 0.1) is 19.0 Å². The standard InChI is InChI=1S/C21H24N4O5S2/c26-19(5-6-20-23-21(24-30-20)17-7-12-31-14-17)22-13-16-3-1-2-4-18(16)15-32(27,28)25-8-10-29-11-9-25/h1-4,7,12,14H,5-6,8-11,13,15H2,(H,22,26). The Labute approximate surface area is 190 Å². The zero-order valence-corrected chi connectivity index (χ0v) is 19.0. The number of thiophene rings is 1. The molecule has 4 rings (SSSR count). The van der Waals surface area contributed by atoms with Crippen molar-refractivity contribution in [2.24, 2.45) is 0 Å². The number of ether oxygens (including phenoxy) is 1. The minimum atomic E-state index is -3.45. The van der Waals surface area contributed by atoms with Gasteiger partial charge in [0.15, 0.2) is 0 Å². The third kappa shape index (κ3) is 5.80. The third-order valence-corrected chi connectivity index (χ3v) is 7.62. The highest BCUT2D eigenvalue weighted by Gasteiger charge is 2.25. The Bertz CT molecular complexity index is 1140. The smallest absolute Gasteiger partial charge is 0.227 e. The molecular formula is C21H24N4O5S2. The van der Waals surface area contributed by atoms with E-state index < -0.39 is 10.0 Å². The fraction of sp³-hybridized carbons (Fsp3) is 0.381. The van der Waals surface area contributed by atoms with Gasteiger partial charge in [0.1, 0.15) is 0 Å². The van der Waals surface area contributed by atoms with Crippen molar-refractivity contribution in [2.45, 2.75) is 25.1 Å². The molecule has 0 spiro atoms. The highest BCUT2D eigenvalue weighted by Crippen LogP contribution is 2.19. The Balaban J connectivity index is 1.30. The van der Waals surface area contributed by atoms with E-state index in [1.165, 1.54) is 4.31 Å². The molecule has 0 aliphatic carbocycles. The quantitative estimate of drug-likeness (QED) is 0.503. The number of aromatic nitrogens is 2. The van der Waals surface area contributed by atoms with E-state index in [0.717, 1.165) is 11.1 Å². The van der Waals surface area contributed by atoms with Gasteiger partial charge in [0, 0.05) is 43.4 Å². The van der Waals surface area contributed by atoms with E-state index >= 15 is 0 Å². The summed E-state index contributed by atoms with van der Waals surface area (Å²) in [7, 11) is -3.45. The predicted octanol–water partition coefficient (Wildman–Crippen LogP) is 2.21. The lowest BCUT2D eigenvalue weighted by molar-refractivity contribution is -0.121. The van der Waals surface area contributed by atoms with Crippen molar-refractivity contribution in [1.29, 1.82) is 0 Å². The van der Waals surface area contributed by atoms with Gasteiger partial charge in [-0.25, -0.2) is 8.42 Å². The molecule has 0 bridgehead atoms. The first-order valence-corrected chi connectivity index (χ1v) is 12.8. The molecule has 2 aromatic heterocycles. The molecule has 1 saturated heterocycles. The van der Waals surface area contributed by atoms with E-state index in [1.807, 2.05) is 29.0 Å². The third-order valence-electron chi connectivity index (χ3n) is 5.11. The number of carbonyl (C=O) groups is 1. The van der Waals surface area contributed by atoms with Gasteiger partial charge in [-0.15, -0.1) is 0 Å². The number of hydrogen-bond donors (Lipinski definition) is 1. The van der Waals surface area contributed by atoms with Crippen LogP contribution in [0.3, 0.4) is 0 Å². The molecule has 3 aromatic rings. The van der Waals surface area contributed by atoms with Crippen LogP contribution < -0.4 is 5.32 Å². The topological polar surface area (TPSA) is 115 Å². The van der Waals surface area contributed by atoms with Gasteiger partial charge < -0.3 is 14.6 Å². The second kappa shape index (κ2) is 10.3. The summed E-state index contributed by atoms with van der Waals surface area (Å²) in [5.41, 5.74) is 2.34. The Morgan fingerprint density at radius 1 is 1.16 bits per heavy atom. The molecule has 170 valence electrons. The van der Waals surface area contributed by atoms with E-state index in [1.54, 1.807) is 23.5 Å². The summed E-state index contributed by atoms with van der Waals surface area (Å²) >= 11 is 1.55. The molecule has 11 heteroatoms. The predicted molar refractivity (Wildman–Crippen MR) is 119 cm³/mol. The second-order valence-electron chi connectivity index (χ2n) is 7.34. The molecule has 0 unspecified atom stereocenters. The van der Waals surface area contributed by atoms with Gasteiger partial charge in [0.2, 0.25) is 27.6 Å². The summed E-state index contributed by atoms with van der Waals surface area (Å²) in [4.78, 5) is 16.6. The number of rotatable bonds is 9. The lowest BCUT2D eigenvalue weighted by atomic mass is 10.1. The number of benzene rings is 1. The van der Waals surface area contributed by atoms with Crippen LogP contribution >= 0.6 is 11.3 Å². The number of nitrogens with zero attached hydrogens (tertiary/aromatic N) is 3. The minimum Gasteiger partial charge on any atom is -0.379 e. The Kier molecular flexibility index (Phi) is 7.30. The molecule has 1 aliphatic rings. The number of amides is 1. The number of sulfonamides is 1. The van der Waals surface area contributed by atoms with Gasteiger partial charge in [-0.1, -0.05) is 29.4 Å². The molecule has 9 nitrogen and oxygen atoms in total. The maximum absolute atomic E-state index is 12.8. The van der Waals surface area contributed by atoms with Crippen LogP contribution in [0.1, 0.15) is 23.4 Å². The molecule has 1 amide bonds. The first kappa shape index (κ1) is 22.6. The highest BCUT2D eigenvalue weighted by molar-refractivity contribution is 7.88. The van der Waals surface area contributed by atoms with Gasteiger partial charge in [-0.3, -0.25) is 4.79 Å². The lowest BCUT2D eigenvalue weighted by Crippen LogP contribution is -2.41. The minimum absolute atomic E-state index is 0.105. The van der Waals surface area contributed by atoms with Crippen molar-refractivity contribution in [1.82, 2.24) is 19.8 Å². The first-order valence-electron chi connectivity index (χ1n) is 10.3. The van der Waals surface area contributed by atoms with Crippen molar-refractivity contribution in [3.63, 3.8) is 0 Å². The largest absolute Gasteiger partial charge is 0.379 e. The van der Waals surface area contributed by atoms with Gasteiger partial charge in [-0.05, 0) is 22.6 Å². The maximum atomic E-state index is 12.8. The average molecular weight is 477 g/mol. The molecule has 32 heavy (non-hydrogen) atoms. The number of hydrogen-bond acceptors (Lipinski definition) is 8. The monoisotopic (exact) mass is 476 g/mol. The number of aryl methyl sites for hydroxylation is 1. The maximum Gasteiger partial charge on any atom is 0.227 e. The Hall–Kier alpha value is -2.60. The summed E-state index contributed by atoms with van der Waals surface area (Å²) in [5.74, 6) is 0.633. The van der Waals surface area contributed by atoms with Crippen molar-refractivity contribution in [2.75, 3.05) is 26.3 Å². The van der Waals surface area contributed by atoms with Crippen LogP contribution in [-0.2, 0) is 38.3 Å². The fourth-order valence-corrected chi connectivity index (χ4v) is 5.55. The number of carbonyl (C=O) groups excluding carboxylic acids is 1. The van der Waals surface area contributed by atoms with E-state index in [4.69, 9.17) is 9.26 Å². The molecule has 3 heterocycles. The van der Waals surface area contributed by atoms with Crippen molar-refractivity contribution < 1.29 is 22.5 Å². The molecule has 1 aromatic carbocycles. The van der Waals surface area contributed by atoms with Crippen molar-refractivity contribution in [3.05, 3.63) is 58.1 Å². The summed E-state index contributed by atoms with van der Waals surface area (Å²) in [5, 5.41) is 10.7. The summed E-state index contributed by atoms with van der Waals surface area (Å²) < 4.78 is 37.4. The van der Waals surface area contributed by atoms with Crippen LogP contribution in [0.2, 0.25) is 0 Å². The van der Waals surface area contributed by atoms with Crippen LogP contribution in [0.4, 0.5) is 0 Å². The van der Waals surface area contributed by atoms with Crippen LogP contribution in [-0.4, -0.2) is 55.1 Å². The summed E-state index contributed by atoms with van der Waals surface area (Å²) in [6.07, 6.45) is 0.523. The van der Waals surface area contributed by atoms with Gasteiger partial charge in [0.25, 0.3) is 0 Å². The van der Waals surface area contributed by atoms with Crippen LogP contribution in [0.5, 0.6) is 0 Å². The molecule has 1 fully saturated rings. The number of morpholine rings is 1. The van der Waals surface area contributed by atoms with Crippen molar-refractivity contribution in [3.8, 4) is 11.4 Å². The van der Waals surface area contributed by atoms with Gasteiger partial charge in [-0.2, -0.15) is 20.6 Å². The van der Waals surface area contributed by atoms with Crippen LogP contribution in [0, 0.1) is 0 Å². The van der Waals surface area contributed by atoms with E-state index in [0.29, 0.717) is 50.0 Å². The fourth-order valence-electron chi connectivity index (χ4n) is 3.35. The van der Waals surface area contributed by atoms with Crippen LogP contribution in [0.15, 0.2) is 45.6 Å². The first-order chi connectivity index (χ1) is 15.5. The van der Waals surface area contributed by atoms with E-state index in [2.05, 4.69) is 15.5 Å². The normalized spacial score (nSPS) is 15.0. The van der Waals surface area contributed by atoms with E-state index in [-0.39, 0.29) is 24.6 Å². The molecule has 1 N–H and O–H groups in total. The Morgan fingerprint density at radius 3 is 2.69 bits per heavy atom.